The minimum Gasteiger partial charge on any atom is -0.382 e. The second kappa shape index (κ2) is 4.85. The molecule has 4 nitrogen and oxygen atoms in total. The third-order valence-corrected chi connectivity index (χ3v) is 4.29. The molecule has 3 rings (SSSR count). The molecule has 1 aromatic heterocycles. The van der Waals surface area contributed by atoms with Crippen molar-refractivity contribution in [2.75, 3.05) is 20.3 Å². The van der Waals surface area contributed by atoms with Gasteiger partial charge in [-0.1, -0.05) is 0 Å². The molecule has 2 aliphatic heterocycles. The summed E-state index contributed by atoms with van der Waals surface area (Å²) in [5.74, 6) is 0. The average Bonchev–Trinajstić information content (AvgIpc) is 2.65. The highest BCUT2D eigenvalue weighted by Gasteiger charge is 2.48. The molecule has 1 aromatic rings. The van der Waals surface area contributed by atoms with Crippen molar-refractivity contribution < 1.29 is 9.47 Å². The lowest BCUT2D eigenvalue weighted by atomic mass is 9.80. The summed E-state index contributed by atoms with van der Waals surface area (Å²) >= 11 is 0. The van der Waals surface area contributed by atoms with Gasteiger partial charge in [-0.2, -0.15) is 0 Å². The smallest absolute Gasteiger partial charge is 0.124 e. The van der Waals surface area contributed by atoms with Crippen LogP contribution in [0, 0.1) is 6.92 Å². The van der Waals surface area contributed by atoms with E-state index in [0.717, 1.165) is 25.1 Å². The summed E-state index contributed by atoms with van der Waals surface area (Å²) < 4.78 is 11.7. The van der Waals surface area contributed by atoms with Crippen LogP contribution in [0.1, 0.15) is 42.7 Å². The Bertz CT molecular complexity index is 477. The normalized spacial score (nSPS) is 33.6. The molecule has 0 aromatic carbocycles. The highest BCUT2D eigenvalue weighted by molar-refractivity contribution is 5.40. The molecule has 2 aliphatic rings. The molecule has 0 saturated carbocycles. The van der Waals surface area contributed by atoms with Crippen LogP contribution in [0.25, 0.3) is 0 Å². The molecule has 1 spiro atoms. The number of piperidine rings is 1. The van der Waals surface area contributed by atoms with E-state index in [4.69, 9.17) is 9.47 Å². The van der Waals surface area contributed by atoms with Gasteiger partial charge in [-0.15, -0.1) is 0 Å². The summed E-state index contributed by atoms with van der Waals surface area (Å²) in [7, 11) is 1.72. The molecule has 4 heteroatoms. The Morgan fingerprint density at radius 2 is 2.42 bits per heavy atom. The predicted octanol–water partition coefficient (Wildman–Crippen LogP) is 2.07. The van der Waals surface area contributed by atoms with E-state index >= 15 is 0 Å². The summed E-state index contributed by atoms with van der Waals surface area (Å²) in [6.07, 6.45) is 3.87. The van der Waals surface area contributed by atoms with Gasteiger partial charge in [0.15, 0.2) is 0 Å². The fourth-order valence-corrected chi connectivity index (χ4v) is 3.59. The van der Waals surface area contributed by atoms with Gasteiger partial charge in [0, 0.05) is 24.9 Å². The van der Waals surface area contributed by atoms with Crippen LogP contribution >= 0.6 is 0 Å². The van der Waals surface area contributed by atoms with Crippen LogP contribution < -0.4 is 5.32 Å². The number of pyridine rings is 1. The Balaban J connectivity index is 2.05. The van der Waals surface area contributed by atoms with Crippen LogP contribution in [0.5, 0.6) is 0 Å². The maximum atomic E-state index is 6.42. The Morgan fingerprint density at radius 1 is 1.58 bits per heavy atom. The van der Waals surface area contributed by atoms with Gasteiger partial charge in [0.2, 0.25) is 0 Å². The molecule has 1 N–H and O–H groups in total. The van der Waals surface area contributed by atoms with Crippen LogP contribution in [0.3, 0.4) is 0 Å². The Kier molecular flexibility index (Phi) is 3.33. The second-order valence-electron chi connectivity index (χ2n) is 5.75. The number of hydrogen-bond donors (Lipinski definition) is 1. The van der Waals surface area contributed by atoms with Crippen LogP contribution in [0.4, 0.5) is 0 Å². The summed E-state index contributed by atoms with van der Waals surface area (Å²) in [4.78, 5) is 4.57. The molecule has 0 amide bonds. The van der Waals surface area contributed by atoms with Gasteiger partial charge in [-0.3, -0.25) is 4.98 Å². The highest BCUT2D eigenvalue weighted by Crippen LogP contribution is 2.49. The van der Waals surface area contributed by atoms with Crippen LogP contribution in [-0.4, -0.2) is 31.3 Å². The van der Waals surface area contributed by atoms with Crippen LogP contribution in [-0.2, 0) is 15.1 Å². The van der Waals surface area contributed by atoms with Crippen molar-refractivity contribution in [2.45, 2.75) is 44.4 Å². The molecule has 0 aliphatic carbocycles. The Labute approximate surface area is 114 Å². The van der Waals surface area contributed by atoms with Gasteiger partial charge in [-0.05, 0) is 44.9 Å². The van der Waals surface area contributed by atoms with Gasteiger partial charge in [0.25, 0.3) is 0 Å². The van der Waals surface area contributed by atoms with Crippen LogP contribution in [0.15, 0.2) is 12.3 Å². The van der Waals surface area contributed by atoms with Gasteiger partial charge in [-0.25, -0.2) is 0 Å². The summed E-state index contributed by atoms with van der Waals surface area (Å²) in [5.41, 5.74) is 3.51. The molecule has 0 radical (unpaired) electrons. The van der Waals surface area contributed by atoms with E-state index in [-0.39, 0.29) is 11.7 Å². The van der Waals surface area contributed by atoms with E-state index in [9.17, 15) is 0 Å². The predicted molar refractivity (Wildman–Crippen MR) is 73.1 cm³/mol. The zero-order valence-corrected chi connectivity index (χ0v) is 11.9. The van der Waals surface area contributed by atoms with Crippen molar-refractivity contribution in [3.8, 4) is 0 Å². The standard InChI is InChI=1S/C15H22N2O2/c1-10-4-6-17-14-12(9-18-3)19-15(13(10)14)5-7-16-11(2)8-15/h4,6,11-12,16H,5,7-9H2,1-3H3. The van der Waals surface area contributed by atoms with Crippen LogP contribution in [0.2, 0.25) is 0 Å². The third kappa shape index (κ3) is 2.08. The van der Waals surface area contributed by atoms with Gasteiger partial charge < -0.3 is 14.8 Å². The molecule has 1 saturated heterocycles. The van der Waals surface area contributed by atoms with Crippen molar-refractivity contribution in [3.63, 3.8) is 0 Å². The SMILES string of the molecule is COCC1OC2(CCNC(C)C2)c2c(C)ccnc21. The highest BCUT2D eigenvalue weighted by atomic mass is 16.5. The van der Waals surface area contributed by atoms with Crippen molar-refractivity contribution in [1.82, 2.24) is 10.3 Å². The number of nitrogens with zero attached hydrogens (tertiary/aromatic N) is 1. The fraction of sp³-hybridized carbons (Fsp3) is 0.667. The first-order chi connectivity index (χ1) is 9.16. The number of ether oxygens (including phenoxy) is 2. The van der Waals surface area contributed by atoms with Gasteiger partial charge in [0.05, 0.1) is 17.9 Å². The molecule has 0 bridgehead atoms. The fourth-order valence-electron chi connectivity index (χ4n) is 3.59. The first kappa shape index (κ1) is 13.0. The molecule has 19 heavy (non-hydrogen) atoms. The van der Waals surface area contributed by atoms with Crippen molar-refractivity contribution in [1.29, 1.82) is 0 Å². The zero-order valence-electron chi connectivity index (χ0n) is 11.9. The number of aryl methyl sites for hydroxylation is 1. The van der Waals surface area contributed by atoms with E-state index in [1.807, 2.05) is 6.20 Å². The minimum absolute atomic E-state index is 0.0230. The summed E-state index contributed by atoms with van der Waals surface area (Å²) in [6.45, 7) is 5.95. The quantitative estimate of drug-likeness (QED) is 0.886. The maximum absolute atomic E-state index is 6.42. The number of fused-ring (bicyclic) bond motifs is 2. The van der Waals surface area contributed by atoms with E-state index in [0.29, 0.717) is 12.6 Å². The topological polar surface area (TPSA) is 43.4 Å². The molecule has 104 valence electrons. The van der Waals surface area contributed by atoms with E-state index in [1.54, 1.807) is 7.11 Å². The average molecular weight is 262 g/mol. The maximum Gasteiger partial charge on any atom is 0.124 e. The van der Waals surface area contributed by atoms with Gasteiger partial charge >= 0.3 is 0 Å². The number of nitrogens with one attached hydrogen (secondary N) is 1. The molecule has 3 atom stereocenters. The second-order valence-corrected chi connectivity index (χ2v) is 5.75. The van der Waals surface area contributed by atoms with E-state index in [1.165, 1.54) is 11.1 Å². The summed E-state index contributed by atoms with van der Waals surface area (Å²) in [5, 5.41) is 3.50. The number of rotatable bonds is 2. The van der Waals surface area contributed by atoms with Crippen molar-refractivity contribution >= 4 is 0 Å². The number of hydrogen-bond acceptors (Lipinski definition) is 4. The Morgan fingerprint density at radius 3 is 3.16 bits per heavy atom. The lowest BCUT2D eigenvalue weighted by molar-refractivity contribution is -0.119. The lowest BCUT2D eigenvalue weighted by Gasteiger charge is -2.38. The summed E-state index contributed by atoms with van der Waals surface area (Å²) in [6, 6.07) is 2.56. The van der Waals surface area contributed by atoms with E-state index in [2.05, 4.69) is 30.2 Å². The molecule has 3 unspecified atom stereocenters. The van der Waals surface area contributed by atoms with E-state index < -0.39 is 0 Å². The minimum atomic E-state index is -0.165. The zero-order chi connectivity index (χ0) is 13.5. The molecular weight excluding hydrogens is 240 g/mol. The third-order valence-electron chi connectivity index (χ3n) is 4.29. The monoisotopic (exact) mass is 262 g/mol. The first-order valence-corrected chi connectivity index (χ1v) is 7.02. The van der Waals surface area contributed by atoms with Gasteiger partial charge in [0.1, 0.15) is 6.10 Å². The largest absolute Gasteiger partial charge is 0.382 e. The molecular formula is C15H22N2O2. The Hall–Kier alpha value is -0.970. The van der Waals surface area contributed by atoms with Crippen molar-refractivity contribution in [3.05, 3.63) is 29.1 Å². The van der Waals surface area contributed by atoms with Crippen molar-refractivity contribution in [2.24, 2.45) is 0 Å². The number of aromatic nitrogens is 1. The first-order valence-electron chi connectivity index (χ1n) is 7.02. The number of methoxy groups -OCH3 is 1. The lowest BCUT2D eigenvalue weighted by Crippen LogP contribution is -2.45. The molecule has 1 fully saturated rings. The molecule has 3 heterocycles.